The SMILES string of the molecule is Cc1cc(C(=O)CSc2nnc(CN3CCCCC3)n2-c2ccc(F)cc2)c(C)s1. The zero-order valence-electron chi connectivity index (χ0n) is 17.2. The second-order valence-electron chi connectivity index (χ2n) is 7.59. The molecule has 3 aromatic rings. The average Bonchev–Trinajstić information content (AvgIpc) is 3.29. The molecule has 4 rings (SSSR count). The summed E-state index contributed by atoms with van der Waals surface area (Å²) in [6.45, 7) is 6.79. The highest BCUT2D eigenvalue weighted by molar-refractivity contribution is 7.99. The number of hydrogen-bond donors (Lipinski definition) is 0. The van der Waals surface area contributed by atoms with Gasteiger partial charge in [-0.05, 0) is 70.1 Å². The van der Waals surface area contributed by atoms with Crippen LogP contribution in [-0.2, 0) is 6.54 Å². The molecule has 0 saturated carbocycles. The Morgan fingerprint density at radius 3 is 2.53 bits per heavy atom. The molecule has 0 amide bonds. The Labute approximate surface area is 184 Å². The fraction of sp³-hybridized carbons (Fsp3) is 0.409. The van der Waals surface area contributed by atoms with E-state index in [0.29, 0.717) is 17.5 Å². The molecular weight excluding hydrogens is 419 g/mol. The van der Waals surface area contributed by atoms with Crippen LogP contribution in [0.3, 0.4) is 0 Å². The number of thioether (sulfide) groups is 1. The van der Waals surface area contributed by atoms with Crippen molar-refractivity contribution in [2.45, 2.75) is 44.8 Å². The number of benzene rings is 1. The molecule has 0 radical (unpaired) electrons. The monoisotopic (exact) mass is 444 g/mol. The van der Waals surface area contributed by atoms with Crippen LogP contribution in [0, 0.1) is 19.7 Å². The largest absolute Gasteiger partial charge is 0.296 e. The highest BCUT2D eigenvalue weighted by Gasteiger charge is 2.20. The number of thiophene rings is 1. The van der Waals surface area contributed by atoms with Crippen molar-refractivity contribution in [1.82, 2.24) is 19.7 Å². The Kier molecular flexibility index (Phi) is 6.65. The van der Waals surface area contributed by atoms with Gasteiger partial charge in [-0.1, -0.05) is 18.2 Å². The van der Waals surface area contributed by atoms with E-state index in [-0.39, 0.29) is 11.6 Å². The molecule has 0 bridgehead atoms. The molecule has 1 aliphatic rings. The lowest BCUT2D eigenvalue weighted by molar-refractivity contribution is 0.102. The van der Waals surface area contributed by atoms with Crippen molar-refractivity contribution in [2.24, 2.45) is 0 Å². The van der Waals surface area contributed by atoms with Crippen LogP contribution in [0.5, 0.6) is 0 Å². The van der Waals surface area contributed by atoms with Gasteiger partial charge in [0.2, 0.25) is 0 Å². The smallest absolute Gasteiger partial charge is 0.196 e. The number of halogens is 1. The third-order valence-electron chi connectivity index (χ3n) is 5.27. The van der Waals surface area contributed by atoms with Gasteiger partial charge in [0.25, 0.3) is 0 Å². The Hall–Kier alpha value is -2.03. The van der Waals surface area contributed by atoms with Crippen LogP contribution >= 0.6 is 23.1 Å². The number of hydrogen-bond acceptors (Lipinski definition) is 6. The van der Waals surface area contributed by atoms with E-state index in [2.05, 4.69) is 15.1 Å². The van der Waals surface area contributed by atoms with Crippen molar-refractivity contribution in [3.63, 3.8) is 0 Å². The molecule has 1 fully saturated rings. The third kappa shape index (κ3) is 4.82. The Balaban J connectivity index is 1.57. The molecule has 2 aromatic heterocycles. The molecule has 1 aliphatic heterocycles. The quantitative estimate of drug-likeness (QED) is 0.377. The summed E-state index contributed by atoms with van der Waals surface area (Å²) >= 11 is 3.02. The summed E-state index contributed by atoms with van der Waals surface area (Å²) < 4.78 is 15.4. The molecule has 30 heavy (non-hydrogen) atoms. The molecule has 0 aliphatic carbocycles. The molecule has 3 heterocycles. The molecule has 0 N–H and O–H groups in total. The second kappa shape index (κ2) is 9.41. The maximum atomic E-state index is 13.5. The molecule has 158 valence electrons. The van der Waals surface area contributed by atoms with Gasteiger partial charge >= 0.3 is 0 Å². The lowest BCUT2D eigenvalue weighted by Gasteiger charge is -2.26. The first-order valence-electron chi connectivity index (χ1n) is 10.2. The predicted octanol–water partition coefficient (Wildman–Crippen LogP) is 5.05. The number of nitrogens with zero attached hydrogens (tertiary/aromatic N) is 4. The number of rotatable bonds is 7. The molecule has 8 heteroatoms. The summed E-state index contributed by atoms with van der Waals surface area (Å²) in [7, 11) is 0. The van der Waals surface area contributed by atoms with Gasteiger partial charge in [-0.2, -0.15) is 0 Å². The van der Waals surface area contributed by atoms with Crippen molar-refractivity contribution < 1.29 is 9.18 Å². The zero-order chi connectivity index (χ0) is 21.1. The Bertz CT molecular complexity index is 1020. The summed E-state index contributed by atoms with van der Waals surface area (Å²) in [6.07, 6.45) is 3.66. The van der Waals surface area contributed by atoms with Crippen LogP contribution in [-0.4, -0.2) is 44.3 Å². The first-order chi connectivity index (χ1) is 14.5. The van der Waals surface area contributed by atoms with Crippen molar-refractivity contribution >= 4 is 28.9 Å². The van der Waals surface area contributed by atoms with Gasteiger partial charge in [-0.25, -0.2) is 4.39 Å². The number of carbonyl (C=O) groups is 1. The zero-order valence-corrected chi connectivity index (χ0v) is 18.9. The fourth-order valence-corrected chi connectivity index (χ4v) is 5.58. The van der Waals surface area contributed by atoms with Crippen LogP contribution in [0.15, 0.2) is 35.5 Å². The van der Waals surface area contributed by atoms with E-state index in [4.69, 9.17) is 0 Å². The molecule has 0 spiro atoms. The lowest BCUT2D eigenvalue weighted by Crippen LogP contribution is -2.30. The van der Waals surface area contributed by atoms with E-state index in [1.807, 2.05) is 24.5 Å². The van der Waals surface area contributed by atoms with Gasteiger partial charge in [0, 0.05) is 21.0 Å². The van der Waals surface area contributed by atoms with Gasteiger partial charge in [-0.15, -0.1) is 21.5 Å². The maximum absolute atomic E-state index is 13.5. The molecule has 1 saturated heterocycles. The molecule has 1 aromatic carbocycles. The first-order valence-corrected chi connectivity index (χ1v) is 12.0. The van der Waals surface area contributed by atoms with E-state index >= 15 is 0 Å². The summed E-state index contributed by atoms with van der Waals surface area (Å²) in [5.41, 5.74) is 1.59. The maximum Gasteiger partial charge on any atom is 0.196 e. The number of likely N-dealkylation sites (tertiary alicyclic amines) is 1. The summed E-state index contributed by atoms with van der Waals surface area (Å²) in [4.78, 5) is 17.3. The van der Waals surface area contributed by atoms with Crippen molar-refractivity contribution in [3.05, 3.63) is 57.3 Å². The topological polar surface area (TPSA) is 51.0 Å². The van der Waals surface area contributed by atoms with Gasteiger partial charge in [-0.3, -0.25) is 14.3 Å². The van der Waals surface area contributed by atoms with Crippen LogP contribution in [0.1, 0.15) is 45.2 Å². The third-order valence-corrected chi connectivity index (χ3v) is 7.17. The minimum Gasteiger partial charge on any atom is -0.296 e. The van der Waals surface area contributed by atoms with Gasteiger partial charge in [0.15, 0.2) is 16.8 Å². The first kappa shape index (κ1) is 21.2. The highest BCUT2D eigenvalue weighted by atomic mass is 32.2. The Morgan fingerprint density at radius 2 is 1.87 bits per heavy atom. The van der Waals surface area contributed by atoms with E-state index < -0.39 is 0 Å². The highest BCUT2D eigenvalue weighted by Crippen LogP contribution is 2.27. The Morgan fingerprint density at radius 1 is 1.13 bits per heavy atom. The summed E-state index contributed by atoms with van der Waals surface area (Å²) in [5, 5.41) is 9.47. The van der Waals surface area contributed by atoms with Crippen LogP contribution in [0.4, 0.5) is 4.39 Å². The van der Waals surface area contributed by atoms with Gasteiger partial charge in [0.1, 0.15) is 5.82 Å². The van der Waals surface area contributed by atoms with Gasteiger partial charge in [0.05, 0.1) is 12.3 Å². The minimum atomic E-state index is -0.280. The van der Waals surface area contributed by atoms with Crippen molar-refractivity contribution in [3.8, 4) is 5.69 Å². The number of aryl methyl sites for hydroxylation is 2. The molecular formula is C22H25FN4OS2. The van der Waals surface area contributed by atoms with Gasteiger partial charge < -0.3 is 0 Å². The van der Waals surface area contributed by atoms with Crippen molar-refractivity contribution in [2.75, 3.05) is 18.8 Å². The summed E-state index contributed by atoms with van der Waals surface area (Å²) in [5.74, 6) is 0.922. The molecule has 5 nitrogen and oxygen atoms in total. The number of aromatic nitrogens is 3. The number of carbonyl (C=O) groups excluding carboxylic acids is 1. The van der Waals surface area contributed by atoms with Crippen molar-refractivity contribution in [1.29, 1.82) is 0 Å². The van der Waals surface area contributed by atoms with E-state index in [1.54, 1.807) is 23.5 Å². The lowest BCUT2D eigenvalue weighted by atomic mass is 10.1. The van der Waals surface area contributed by atoms with E-state index in [0.717, 1.165) is 39.9 Å². The number of ketones is 1. The average molecular weight is 445 g/mol. The normalized spacial score (nSPS) is 14.9. The standard InChI is InChI=1S/C22H25FN4OS2/c1-15-12-19(16(2)30-15)20(28)14-29-22-25-24-21(13-26-10-4-3-5-11-26)27(22)18-8-6-17(23)7-9-18/h6-9,12H,3-5,10-11,13-14H2,1-2H3. The van der Waals surface area contributed by atoms with Crippen LogP contribution < -0.4 is 0 Å². The molecule has 0 unspecified atom stereocenters. The fourth-order valence-electron chi connectivity index (χ4n) is 3.78. The van der Waals surface area contributed by atoms with Crippen LogP contribution in [0.25, 0.3) is 5.69 Å². The number of Topliss-reactive ketones (excluding diaryl/α,β-unsaturated/α-hetero) is 1. The van der Waals surface area contributed by atoms with Crippen LogP contribution in [0.2, 0.25) is 0 Å². The second-order valence-corrected chi connectivity index (χ2v) is 9.99. The van der Waals surface area contributed by atoms with E-state index in [1.165, 1.54) is 43.2 Å². The molecule has 0 atom stereocenters. The number of piperidine rings is 1. The predicted molar refractivity (Wildman–Crippen MR) is 119 cm³/mol. The minimum absolute atomic E-state index is 0.0908. The van der Waals surface area contributed by atoms with E-state index in [9.17, 15) is 9.18 Å². The summed E-state index contributed by atoms with van der Waals surface area (Å²) in [6, 6.07) is 8.30.